The van der Waals surface area contributed by atoms with Crippen LogP contribution in [0.4, 0.5) is 0 Å². The Balaban J connectivity index is 1.74. The Morgan fingerprint density at radius 3 is 2.90 bits per heavy atom. The van der Waals surface area contributed by atoms with Crippen LogP contribution in [-0.2, 0) is 0 Å². The van der Waals surface area contributed by atoms with Gasteiger partial charge in [0.15, 0.2) is 11.5 Å². The van der Waals surface area contributed by atoms with Gasteiger partial charge in [0.1, 0.15) is 6.33 Å². The van der Waals surface area contributed by atoms with Gasteiger partial charge in [-0.3, -0.25) is 9.89 Å². The second kappa shape index (κ2) is 5.82. The average Bonchev–Trinajstić information content (AvgIpc) is 2.92. The van der Waals surface area contributed by atoms with E-state index >= 15 is 0 Å². The first kappa shape index (κ1) is 13.4. The molecule has 1 aliphatic heterocycles. The highest BCUT2D eigenvalue weighted by Gasteiger charge is 2.16. The van der Waals surface area contributed by atoms with Crippen LogP contribution in [0.25, 0.3) is 0 Å². The van der Waals surface area contributed by atoms with E-state index in [0.717, 1.165) is 17.7 Å². The summed E-state index contributed by atoms with van der Waals surface area (Å²) in [6.07, 6.45) is 2.16. The molecule has 1 unspecified atom stereocenters. The minimum atomic E-state index is -0.299. The molecule has 0 bridgehead atoms. The van der Waals surface area contributed by atoms with E-state index in [1.165, 1.54) is 6.33 Å². The molecule has 3 rings (SSSR count). The first-order chi connectivity index (χ1) is 10.2. The van der Waals surface area contributed by atoms with E-state index in [-0.39, 0.29) is 17.8 Å². The smallest absolute Gasteiger partial charge is 0.289 e. The molecule has 1 aromatic heterocycles. The van der Waals surface area contributed by atoms with Crippen molar-refractivity contribution >= 4 is 5.91 Å². The van der Waals surface area contributed by atoms with Crippen LogP contribution >= 0.6 is 0 Å². The summed E-state index contributed by atoms with van der Waals surface area (Å²) in [5.74, 6) is 1.35. The number of ether oxygens (including phenoxy) is 2. The van der Waals surface area contributed by atoms with Crippen molar-refractivity contribution in [3.63, 3.8) is 0 Å². The summed E-state index contributed by atoms with van der Waals surface area (Å²) < 4.78 is 11.2. The number of aromatic nitrogens is 3. The van der Waals surface area contributed by atoms with Gasteiger partial charge < -0.3 is 14.8 Å². The highest BCUT2D eigenvalue weighted by molar-refractivity contribution is 5.90. The summed E-state index contributed by atoms with van der Waals surface area (Å²) in [7, 11) is 0. The summed E-state index contributed by atoms with van der Waals surface area (Å²) >= 11 is 0. The lowest BCUT2D eigenvalue weighted by Crippen LogP contribution is -2.27. The summed E-state index contributed by atoms with van der Waals surface area (Å²) in [6.45, 7) is 3.19. The number of carbonyl (C=O) groups is 1. The molecule has 1 amide bonds. The average molecular weight is 288 g/mol. The van der Waals surface area contributed by atoms with Crippen LogP contribution in [0.3, 0.4) is 0 Å². The van der Waals surface area contributed by atoms with Gasteiger partial charge in [0, 0.05) is 6.42 Å². The number of hydrogen-bond donors (Lipinski definition) is 2. The van der Waals surface area contributed by atoms with Gasteiger partial charge in [-0.1, -0.05) is 6.07 Å². The maximum atomic E-state index is 11.9. The van der Waals surface area contributed by atoms with E-state index in [4.69, 9.17) is 9.47 Å². The van der Waals surface area contributed by atoms with Gasteiger partial charge >= 0.3 is 0 Å². The Hall–Kier alpha value is -2.57. The Kier molecular flexibility index (Phi) is 3.72. The van der Waals surface area contributed by atoms with Crippen LogP contribution in [-0.4, -0.2) is 34.3 Å². The van der Waals surface area contributed by atoms with Gasteiger partial charge in [0.2, 0.25) is 5.82 Å². The van der Waals surface area contributed by atoms with E-state index in [0.29, 0.717) is 19.0 Å². The normalized spacial score (nSPS) is 15.1. The zero-order chi connectivity index (χ0) is 14.7. The van der Waals surface area contributed by atoms with Crippen molar-refractivity contribution in [1.82, 2.24) is 20.5 Å². The largest absolute Gasteiger partial charge is 0.490 e. The number of carbonyl (C=O) groups excluding carboxylic acids is 1. The van der Waals surface area contributed by atoms with E-state index in [1.54, 1.807) is 0 Å². The Labute approximate surface area is 121 Å². The van der Waals surface area contributed by atoms with Gasteiger partial charge in [-0.15, -0.1) is 0 Å². The van der Waals surface area contributed by atoms with Gasteiger partial charge in [0.05, 0.1) is 19.3 Å². The topological polar surface area (TPSA) is 89.1 Å². The molecule has 0 aliphatic carbocycles. The first-order valence-electron chi connectivity index (χ1n) is 6.80. The van der Waals surface area contributed by atoms with Crippen molar-refractivity contribution in [1.29, 1.82) is 0 Å². The molecule has 7 heteroatoms. The number of benzene rings is 1. The van der Waals surface area contributed by atoms with Gasteiger partial charge in [-0.2, -0.15) is 5.10 Å². The summed E-state index contributed by atoms with van der Waals surface area (Å²) in [4.78, 5) is 15.8. The third kappa shape index (κ3) is 2.96. The van der Waals surface area contributed by atoms with Crippen LogP contribution in [0, 0.1) is 0 Å². The lowest BCUT2D eigenvalue weighted by Gasteiger charge is -2.15. The van der Waals surface area contributed by atoms with E-state index < -0.39 is 0 Å². The summed E-state index contributed by atoms with van der Waals surface area (Å²) in [5.41, 5.74) is 0.937. The lowest BCUT2D eigenvalue weighted by atomic mass is 10.1. The monoisotopic (exact) mass is 288 g/mol. The summed E-state index contributed by atoms with van der Waals surface area (Å²) in [6, 6.07) is 5.50. The molecule has 0 saturated carbocycles. The highest BCUT2D eigenvalue weighted by Crippen LogP contribution is 2.32. The maximum absolute atomic E-state index is 11.9. The Morgan fingerprint density at radius 1 is 1.33 bits per heavy atom. The third-order valence-corrected chi connectivity index (χ3v) is 3.25. The highest BCUT2D eigenvalue weighted by atomic mass is 16.5. The SMILES string of the molecule is CC(NC(=O)c1ncn[nH]1)c1ccc2c(c1)OCCCO2. The van der Waals surface area contributed by atoms with Gasteiger partial charge in [-0.25, -0.2) is 4.98 Å². The van der Waals surface area contributed by atoms with Crippen molar-refractivity contribution in [2.75, 3.05) is 13.2 Å². The van der Waals surface area contributed by atoms with Crippen molar-refractivity contribution in [2.24, 2.45) is 0 Å². The fourth-order valence-electron chi connectivity index (χ4n) is 2.11. The minimum absolute atomic E-state index is 0.181. The third-order valence-electron chi connectivity index (χ3n) is 3.25. The molecule has 1 atom stereocenters. The molecule has 0 radical (unpaired) electrons. The van der Waals surface area contributed by atoms with Crippen LogP contribution in [0.15, 0.2) is 24.5 Å². The number of hydrogen-bond acceptors (Lipinski definition) is 5. The number of fused-ring (bicyclic) bond motifs is 1. The second-order valence-electron chi connectivity index (χ2n) is 4.79. The van der Waals surface area contributed by atoms with Crippen molar-refractivity contribution in [3.05, 3.63) is 35.9 Å². The number of rotatable bonds is 3. The molecule has 110 valence electrons. The zero-order valence-corrected chi connectivity index (χ0v) is 11.6. The van der Waals surface area contributed by atoms with Crippen LogP contribution in [0.2, 0.25) is 0 Å². The molecular formula is C14H16N4O3. The van der Waals surface area contributed by atoms with E-state index in [9.17, 15) is 4.79 Å². The predicted molar refractivity (Wildman–Crippen MR) is 74.3 cm³/mol. The maximum Gasteiger partial charge on any atom is 0.289 e. The van der Waals surface area contributed by atoms with Gasteiger partial charge in [0.25, 0.3) is 5.91 Å². The molecule has 7 nitrogen and oxygen atoms in total. The molecule has 2 heterocycles. The molecule has 0 spiro atoms. The van der Waals surface area contributed by atoms with Crippen molar-refractivity contribution < 1.29 is 14.3 Å². The second-order valence-corrected chi connectivity index (χ2v) is 4.79. The van der Waals surface area contributed by atoms with Crippen LogP contribution < -0.4 is 14.8 Å². The number of amides is 1. The molecule has 0 fully saturated rings. The lowest BCUT2D eigenvalue weighted by molar-refractivity contribution is 0.0929. The van der Waals surface area contributed by atoms with Crippen LogP contribution in [0.1, 0.15) is 35.6 Å². The van der Waals surface area contributed by atoms with Crippen molar-refractivity contribution in [3.8, 4) is 11.5 Å². The zero-order valence-electron chi connectivity index (χ0n) is 11.6. The minimum Gasteiger partial charge on any atom is -0.490 e. The molecule has 1 aromatic carbocycles. The van der Waals surface area contributed by atoms with Crippen molar-refractivity contribution in [2.45, 2.75) is 19.4 Å². The molecule has 2 N–H and O–H groups in total. The summed E-state index contributed by atoms with van der Waals surface area (Å²) in [5, 5.41) is 9.04. The van der Waals surface area contributed by atoms with E-state index in [1.807, 2.05) is 25.1 Å². The quantitative estimate of drug-likeness (QED) is 0.892. The van der Waals surface area contributed by atoms with Gasteiger partial charge in [-0.05, 0) is 24.6 Å². The van der Waals surface area contributed by atoms with Crippen LogP contribution in [0.5, 0.6) is 11.5 Å². The Morgan fingerprint density at radius 2 is 2.14 bits per heavy atom. The molecular weight excluding hydrogens is 272 g/mol. The van der Waals surface area contributed by atoms with E-state index in [2.05, 4.69) is 20.5 Å². The predicted octanol–water partition coefficient (Wildman–Crippen LogP) is 1.46. The fourth-order valence-corrected chi connectivity index (χ4v) is 2.11. The number of nitrogens with zero attached hydrogens (tertiary/aromatic N) is 2. The molecule has 21 heavy (non-hydrogen) atoms. The number of aromatic amines is 1. The standard InChI is InChI=1S/C14H16N4O3/c1-9(17-14(19)13-15-8-16-18-13)10-3-4-11-12(7-10)21-6-2-5-20-11/h3-4,7-9H,2,5-6H2,1H3,(H,17,19)(H,15,16,18). The molecule has 0 saturated heterocycles. The molecule has 1 aliphatic rings. The number of nitrogens with one attached hydrogen (secondary N) is 2. The first-order valence-corrected chi connectivity index (χ1v) is 6.80. The number of H-pyrrole nitrogens is 1. The Bertz CT molecular complexity index is 627. The fraction of sp³-hybridized carbons (Fsp3) is 0.357. The molecule has 2 aromatic rings.